The van der Waals surface area contributed by atoms with Crippen LogP contribution in [0.25, 0.3) is 0 Å². The number of guanidine groups is 1. The van der Waals surface area contributed by atoms with Gasteiger partial charge in [0.25, 0.3) is 0 Å². The highest BCUT2D eigenvalue weighted by molar-refractivity contribution is 5.94. The van der Waals surface area contributed by atoms with Crippen molar-refractivity contribution < 1.29 is 29.4 Å². The first kappa shape index (κ1) is 30.1. The number of aliphatic carboxylic acids is 1. The van der Waals surface area contributed by atoms with Crippen molar-refractivity contribution in [3.63, 3.8) is 0 Å². The Morgan fingerprint density at radius 3 is 1.94 bits per heavy atom. The molecule has 3 amide bonds. The number of aliphatic hydroxyl groups excluding tert-OH is 1. The van der Waals surface area contributed by atoms with Crippen LogP contribution in [0.4, 0.5) is 0 Å². The van der Waals surface area contributed by atoms with Gasteiger partial charge in [-0.3, -0.25) is 19.4 Å². The fraction of sp³-hybridized carbons (Fsp3) is 0.750. The predicted octanol–water partition coefficient (Wildman–Crippen LogP) is -2.40. The number of aliphatic imine (C=N–C) groups is 1. The van der Waals surface area contributed by atoms with Crippen molar-refractivity contribution in [2.24, 2.45) is 34.0 Å². The Kier molecular flexibility index (Phi) is 13.7. The summed E-state index contributed by atoms with van der Waals surface area (Å²) in [5.74, 6) is -3.77. The molecule has 13 heteroatoms. The van der Waals surface area contributed by atoms with Crippen LogP contribution in [0.15, 0.2) is 4.99 Å². The lowest BCUT2D eigenvalue weighted by atomic mass is 10.0. The Morgan fingerprint density at radius 2 is 1.48 bits per heavy atom. The molecule has 0 aromatic rings. The lowest BCUT2D eigenvalue weighted by Gasteiger charge is -2.26. The molecule has 0 heterocycles. The predicted molar refractivity (Wildman–Crippen MR) is 123 cm³/mol. The number of carboxylic acid groups (broad SMARTS) is 1. The summed E-state index contributed by atoms with van der Waals surface area (Å²) in [5, 5.41) is 26.1. The summed E-state index contributed by atoms with van der Waals surface area (Å²) in [5.41, 5.74) is 16.3. The first-order valence-electron chi connectivity index (χ1n) is 10.9. The first-order valence-corrected chi connectivity index (χ1v) is 10.9. The third-order valence-corrected chi connectivity index (χ3v) is 4.69. The molecule has 13 nitrogen and oxygen atoms in total. The number of nitrogens with one attached hydrogen (secondary N) is 3. The molecule has 0 aromatic heterocycles. The number of nitrogens with two attached hydrogens (primary N) is 3. The van der Waals surface area contributed by atoms with Crippen LogP contribution in [-0.4, -0.2) is 77.2 Å². The molecule has 11 N–H and O–H groups in total. The van der Waals surface area contributed by atoms with E-state index in [2.05, 4.69) is 20.9 Å². The van der Waals surface area contributed by atoms with Crippen LogP contribution in [0.5, 0.6) is 0 Å². The number of rotatable bonds is 15. The second-order valence-electron chi connectivity index (χ2n) is 8.56. The molecule has 4 unspecified atom stereocenters. The normalized spacial score (nSPS) is 14.7. The van der Waals surface area contributed by atoms with Crippen molar-refractivity contribution in [3.05, 3.63) is 0 Å². The van der Waals surface area contributed by atoms with Gasteiger partial charge >= 0.3 is 5.97 Å². The Morgan fingerprint density at radius 1 is 0.909 bits per heavy atom. The van der Waals surface area contributed by atoms with Crippen LogP contribution in [0.3, 0.4) is 0 Å². The minimum atomic E-state index is -1.39. The van der Waals surface area contributed by atoms with Gasteiger partial charge in [-0.05, 0) is 31.1 Å². The first-order chi connectivity index (χ1) is 15.3. The van der Waals surface area contributed by atoms with Gasteiger partial charge in [0, 0.05) is 6.54 Å². The molecule has 0 saturated heterocycles. The topological polar surface area (TPSA) is 235 Å². The number of carbonyl (C=O) groups is 4. The maximum atomic E-state index is 12.7. The second kappa shape index (κ2) is 15.0. The number of hydrogen-bond acceptors (Lipinski definition) is 7. The molecule has 33 heavy (non-hydrogen) atoms. The van der Waals surface area contributed by atoms with Crippen molar-refractivity contribution in [2.45, 2.75) is 71.1 Å². The SMILES string of the molecule is CC(C)CC(NC(=O)C(CO)NC(=O)C(NC(=O)C(N)CCCN=C(N)N)C(C)C)C(=O)O. The highest BCUT2D eigenvalue weighted by Gasteiger charge is 2.31. The van der Waals surface area contributed by atoms with E-state index in [1.54, 1.807) is 27.7 Å². The second-order valence-corrected chi connectivity index (χ2v) is 8.56. The lowest BCUT2D eigenvalue weighted by molar-refractivity contribution is -0.143. The van der Waals surface area contributed by atoms with Crippen molar-refractivity contribution in [2.75, 3.05) is 13.2 Å². The minimum Gasteiger partial charge on any atom is -0.480 e. The van der Waals surface area contributed by atoms with E-state index in [1.165, 1.54) is 0 Å². The molecule has 0 aliphatic carbocycles. The summed E-state index contributed by atoms with van der Waals surface area (Å²) in [4.78, 5) is 52.7. The van der Waals surface area contributed by atoms with E-state index in [9.17, 15) is 29.4 Å². The molecule has 0 fully saturated rings. The van der Waals surface area contributed by atoms with Gasteiger partial charge in [0.2, 0.25) is 17.7 Å². The fourth-order valence-corrected chi connectivity index (χ4v) is 2.87. The summed E-state index contributed by atoms with van der Waals surface area (Å²) in [7, 11) is 0. The number of carbonyl (C=O) groups excluding carboxylic acids is 3. The number of hydrogen-bond donors (Lipinski definition) is 8. The summed E-state index contributed by atoms with van der Waals surface area (Å²) < 4.78 is 0. The van der Waals surface area contributed by atoms with Crippen LogP contribution in [-0.2, 0) is 19.2 Å². The van der Waals surface area contributed by atoms with Crippen molar-refractivity contribution in [1.29, 1.82) is 0 Å². The summed E-state index contributed by atoms with van der Waals surface area (Å²) in [6.07, 6.45) is 0.918. The van der Waals surface area contributed by atoms with E-state index in [0.717, 1.165) is 0 Å². The highest BCUT2D eigenvalue weighted by Crippen LogP contribution is 2.07. The molecule has 0 rings (SSSR count). The van der Waals surface area contributed by atoms with Gasteiger partial charge in [0.15, 0.2) is 5.96 Å². The fourth-order valence-electron chi connectivity index (χ4n) is 2.87. The molecule has 0 aliphatic rings. The minimum absolute atomic E-state index is 0.00206. The highest BCUT2D eigenvalue weighted by atomic mass is 16.4. The van der Waals surface area contributed by atoms with Crippen LogP contribution in [0.1, 0.15) is 47.0 Å². The van der Waals surface area contributed by atoms with Gasteiger partial charge in [0.05, 0.1) is 12.6 Å². The van der Waals surface area contributed by atoms with Gasteiger partial charge in [-0.15, -0.1) is 0 Å². The molecular weight excluding hydrogens is 434 g/mol. The van der Waals surface area contributed by atoms with Crippen LogP contribution < -0.4 is 33.2 Å². The molecule has 0 spiro atoms. The average molecular weight is 474 g/mol. The largest absolute Gasteiger partial charge is 0.480 e. The van der Waals surface area contributed by atoms with Crippen LogP contribution in [0.2, 0.25) is 0 Å². The Balaban J connectivity index is 5.06. The van der Waals surface area contributed by atoms with E-state index in [-0.39, 0.29) is 30.6 Å². The van der Waals surface area contributed by atoms with Gasteiger partial charge in [0.1, 0.15) is 18.1 Å². The molecule has 190 valence electrons. The molecular formula is C20H39N7O6. The lowest BCUT2D eigenvalue weighted by Crippen LogP contribution is -2.59. The molecule has 0 aromatic carbocycles. The number of carboxylic acids is 1. The Bertz CT molecular complexity index is 694. The zero-order valence-electron chi connectivity index (χ0n) is 19.7. The van der Waals surface area contributed by atoms with Crippen molar-refractivity contribution in [1.82, 2.24) is 16.0 Å². The number of aliphatic hydroxyl groups is 1. The van der Waals surface area contributed by atoms with Gasteiger partial charge in [-0.25, -0.2) is 4.79 Å². The van der Waals surface area contributed by atoms with Crippen LogP contribution >= 0.6 is 0 Å². The van der Waals surface area contributed by atoms with E-state index >= 15 is 0 Å². The van der Waals surface area contributed by atoms with Crippen LogP contribution in [0, 0.1) is 11.8 Å². The van der Waals surface area contributed by atoms with E-state index < -0.39 is 54.5 Å². The summed E-state index contributed by atoms with van der Waals surface area (Å²) in [6, 6.07) is -4.49. The molecule has 0 aliphatic heterocycles. The third-order valence-electron chi connectivity index (χ3n) is 4.69. The van der Waals surface area contributed by atoms with Gasteiger partial charge in [-0.2, -0.15) is 0 Å². The van der Waals surface area contributed by atoms with E-state index in [4.69, 9.17) is 17.2 Å². The molecule has 0 bridgehead atoms. The number of amides is 3. The molecule has 0 radical (unpaired) electrons. The molecule has 4 atom stereocenters. The standard InChI is InChI=1S/C20H39N7O6/c1-10(2)8-13(19(32)33)25-17(30)14(9-28)26-18(31)15(11(3)4)27-16(29)12(21)6-5-7-24-20(22)23/h10-15,28H,5-9,21H2,1-4H3,(H,25,30)(H,26,31)(H,27,29)(H,32,33)(H4,22,23,24). The average Bonchev–Trinajstić information content (AvgIpc) is 2.71. The molecule has 0 saturated carbocycles. The Hall–Kier alpha value is -2.93. The number of nitrogens with zero attached hydrogens (tertiary/aromatic N) is 1. The van der Waals surface area contributed by atoms with Crippen molar-refractivity contribution >= 4 is 29.7 Å². The maximum Gasteiger partial charge on any atom is 0.326 e. The van der Waals surface area contributed by atoms with Gasteiger partial charge < -0.3 is 43.4 Å². The summed E-state index contributed by atoms with van der Waals surface area (Å²) in [6.45, 7) is 6.52. The monoisotopic (exact) mass is 473 g/mol. The zero-order valence-corrected chi connectivity index (χ0v) is 19.7. The maximum absolute atomic E-state index is 12.7. The van der Waals surface area contributed by atoms with Crippen molar-refractivity contribution in [3.8, 4) is 0 Å². The summed E-state index contributed by atoms with van der Waals surface area (Å²) >= 11 is 0. The third kappa shape index (κ3) is 12.0. The van der Waals surface area contributed by atoms with E-state index in [0.29, 0.717) is 13.0 Å². The van der Waals surface area contributed by atoms with Gasteiger partial charge in [-0.1, -0.05) is 27.7 Å². The Labute approximate surface area is 193 Å². The quantitative estimate of drug-likeness (QED) is 0.0717. The smallest absolute Gasteiger partial charge is 0.326 e. The zero-order chi connectivity index (χ0) is 25.7. The van der Waals surface area contributed by atoms with E-state index in [1.807, 2.05) is 0 Å².